The van der Waals surface area contributed by atoms with Crippen LogP contribution in [0.3, 0.4) is 0 Å². The number of rotatable bonds is 13. The van der Waals surface area contributed by atoms with Gasteiger partial charge in [0.25, 0.3) is 0 Å². The third-order valence-corrected chi connectivity index (χ3v) is 12.1. The smallest absolute Gasteiger partial charge is 0.407 e. The summed E-state index contributed by atoms with van der Waals surface area (Å²) >= 11 is 1.62. The number of nitrogens with one attached hydrogen (secondary N) is 3. The van der Waals surface area contributed by atoms with Gasteiger partial charge in [0.05, 0.1) is 40.6 Å². The Balaban J connectivity index is 1.31. The second kappa shape index (κ2) is 16.7. The highest BCUT2D eigenvalue weighted by molar-refractivity contribution is 7.15. The van der Waals surface area contributed by atoms with Crippen LogP contribution >= 0.6 is 11.3 Å². The van der Waals surface area contributed by atoms with E-state index in [1.807, 2.05) is 30.5 Å². The summed E-state index contributed by atoms with van der Waals surface area (Å²) in [6, 6.07) is 18.4. The normalized spacial score (nSPS) is 21.9. The number of aromatic nitrogens is 1. The molecule has 298 valence electrons. The molecule has 1 aliphatic carbocycles. The molecule has 3 aromatic carbocycles. The Morgan fingerprint density at radius 3 is 2.34 bits per heavy atom. The molecule has 1 unspecified atom stereocenters. The molecule has 13 heteroatoms. The van der Waals surface area contributed by atoms with Gasteiger partial charge in [0.2, 0.25) is 11.8 Å². The van der Waals surface area contributed by atoms with Crippen LogP contribution in [0.1, 0.15) is 87.0 Å². The summed E-state index contributed by atoms with van der Waals surface area (Å²) in [5.74, 6) is -1.21. The molecular weight excluding hydrogens is 736 g/mol. The summed E-state index contributed by atoms with van der Waals surface area (Å²) in [4.78, 5) is 46.5. The third-order valence-electron chi connectivity index (χ3n) is 10.8. The Hall–Kier alpha value is -4.85. The van der Waals surface area contributed by atoms with Crippen LogP contribution in [0.4, 0.5) is 9.18 Å². The molecule has 4 aromatic rings. The van der Waals surface area contributed by atoms with Crippen LogP contribution in [0.5, 0.6) is 5.75 Å². The molecular formula is C43H51FN4O7S. The number of amides is 3. The van der Waals surface area contributed by atoms with E-state index in [2.05, 4.69) is 34.8 Å². The number of para-hydroxylation sites is 1. The van der Waals surface area contributed by atoms with Crippen molar-refractivity contribution < 1.29 is 38.5 Å². The van der Waals surface area contributed by atoms with E-state index in [4.69, 9.17) is 9.47 Å². The number of hydrogen-bond acceptors (Lipinski definition) is 9. The number of aliphatic hydroxyl groups excluding tert-OH is 2. The molecule has 11 nitrogen and oxygen atoms in total. The lowest BCUT2D eigenvalue weighted by Gasteiger charge is -2.35. The Bertz CT molecular complexity index is 2030. The van der Waals surface area contributed by atoms with Gasteiger partial charge in [0, 0.05) is 23.6 Å². The van der Waals surface area contributed by atoms with Gasteiger partial charge in [-0.15, -0.1) is 11.3 Å². The molecule has 1 saturated carbocycles. The van der Waals surface area contributed by atoms with Crippen molar-refractivity contribution in [1.82, 2.24) is 20.9 Å². The predicted molar refractivity (Wildman–Crippen MR) is 212 cm³/mol. The minimum atomic E-state index is -1.30. The highest BCUT2D eigenvalue weighted by Gasteiger charge is 2.62. The number of carbonyl (C=O) groups excluding carboxylic acids is 3. The molecule has 1 fully saturated rings. The van der Waals surface area contributed by atoms with E-state index < -0.39 is 70.8 Å². The van der Waals surface area contributed by atoms with Gasteiger partial charge >= 0.3 is 6.09 Å². The second-order valence-corrected chi connectivity index (χ2v) is 17.3. The molecule has 2 heterocycles. The highest BCUT2D eigenvalue weighted by atomic mass is 32.1. The van der Waals surface area contributed by atoms with Crippen molar-refractivity contribution >= 4 is 29.2 Å². The Labute approximate surface area is 331 Å². The number of ether oxygens (including phenoxy) is 2. The van der Waals surface area contributed by atoms with Crippen molar-refractivity contribution in [2.75, 3.05) is 13.7 Å². The maximum Gasteiger partial charge on any atom is 0.407 e. The van der Waals surface area contributed by atoms with Crippen LogP contribution in [0, 0.1) is 16.6 Å². The van der Waals surface area contributed by atoms with Gasteiger partial charge in [-0.3, -0.25) is 9.59 Å². The van der Waals surface area contributed by atoms with Gasteiger partial charge in [-0.25, -0.2) is 14.2 Å². The van der Waals surface area contributed by atoms with E-state index in [0.29, 0.717) is 22.8 Å². The van der Waals surface area contributed by atoms with Crippen LogP contribution in [-0.2, 0) is 20.7 Å². The maximum absolute atomic E-state index is 15.3. The number of nitrogens with zero attached hydrogens (tertiary/aromatic N) is 1. The molecule has 5 N–H and O–H groups in total. The Morgan fingerprint density at radius 2 is 1.70 bits per heavy atom. The van der Waals surface area contributed by atoms with E-state index in [0.717, 1.165) is 21.0 Å². The van der Waals surface area contributed by atoms with Crippen molar-refractivity contribution in [3.05, 3.63) is 107 Å². The lowest BCUT2D eigenvalue weighted by atomic mass is 9.84. The van der Waals surface area contributed by atoms with E-state index in [9.17, 15) is 24.6 Å². The number of methoxy groups -OCH3 is 1. The zero-order valence-corrected chi connectivity index (χ0v) is 33.4. The fourth-order valence-corrected chi connectivity index (χ4v) is 8.44. The molecule has 0 radical (unpaired) electrons. The van der Waals surface area contributed by atoms with Crippen LogP contribution in [0.15, 0.2) is 79.0 Å². The first-order valence-corrected chi connectivity index (χ1v) is 19.8. The van der Waals surface area contributed by atoms with E-state index in [1.54, 1.807) is 74.6 Å². The molecule has 7 atom stereocenters. The number of fused-ring (bicyclic) bond motifs is 1. The fourth-order valence-electron chi connectivity index (χ4n) is 7.51. The van der Waals surface area contributed by atoms with Crippen molar-refractivity contribution in [3.63, 3.8) is 0 Å². The molecule has 1 aliphatic heterocycles. The number of alkyl carbamates (subject to hydrolysis) is 1. The molecule has 0 bridgehead atoms. The first-order valence-electron chi connectivity index (χ1n) is 18.9. The largest absolute Gasteiger partial charge is 0.490 e. The summed E-state index contributed by atoms with van der Waals surface area (Å²) in [6.45, 7) is 9.56. The molecule has 56 heavy (non-hydrogen) atoms. The zero-order valence-electron chi connectivity index (χ0n) is 32.5. The minimum Gasteiger partial charge on any atom is -0.490 e. The van der Waals surface area contributed by atoms with Gasteiger partial charge in [-0.1, -0.05) is 95.3 Å². The number of carbonyl (C=O) groups is 3. The van der Waals surface area contributed by atoms with Gasteiger partial charge < -0.3 is 35.6 Å². The Morgan fingerprint density at radius 1 is 1.02 bits per heavy atom. The number of hydrogen-bond donors (Lipinski definition) is 5. The molecule has 2 aliphatic rings. The SMILES string of the molecule is COC(=O)N[C@H](C(=O)N[C@@H](Cc1ccc(-c2cnc(C(C)C)s2)cc1)[C@@H](O)CC1(C(=O)N[C@H]2c3ccccc3OC[C@H]2O)C[C@H]1c1ccccc1F)C(C)(C)C. The van der Waals surface area contributed by atoms with E-state index in [-0.39, 0.29) is 25.9 Å². The average Bonchev–Trinajstić information content (AvgIpc) is 3.66. The van der Waals surface area contributed by atoms with Crippen LogP contribution in [0.2, 0.25) is 0 Å². The molecule has 0 saturated heterocycles. The first kappa shape index (κ1) is 40.8. The van der Waals surface area contributed by atoms with Crippen molar-refractivity contribution in [2.24, 2.45) is 10.8 Å². The second-order valence-electron chi connectivity index (χ2n) is 16.2. The highest BCUT2D eigenvalue weighted by Crippen LogP contribution is 2.63. The number of thiazole rings is 1. The molecule has 6 rings (SSSR count). The number of aliphatic hydroxyl groups is 2. The van der Waals surface area contributed by atoms with Crippen LogP contribution in [0.25, 0.3) is 10.4 Å². The van der Waals surface area contributed by atoms with Gasteiger partial charge in [-0.2, -0.15) is 0 Å². The van der Waals surface area contributed by atoms with Gasteiger partial charge in [-0.05, 0) is 53.5 Å². The summed E-state index contributed by atoms with van der Waals surface area (Å²) in [7, 11) is 1.21. The van der Waals surface area contributed by atoms with Crippen LogP contribution in [-0.4, -0.2) is 71.1 Å². The lowest BCUT2D eigenvalue weighted by Crippen LogP contribution is -2.58. The van der Waals surface area contributed by atoms with Crippen molar-refractivity contribution in [1.29, 1.82) is 0 Å². The van der Waals surface area contributed by atoms with E-state index in [1.165, 1.54) is 13.2 Å². The van der Waals surface area contributed by atoms with Gasteiger partial charge in [0.15, 0.2) is 0 Å². The van der Waals surface area contributed by atoms with E-state index >= 15 is 4.39 Å². The average molecular weight is 787 g/mol. The topological polar surface area (TPSA) is 159 Å². The summed E-state index contributed by atoms with van der Waals surface area (Å²) in [5, 5.41) is 32.9. The monoisotopic (exact) mass is 786 g/mol. The molecule has 1 aromatic heterocycles. The quantitative estimate of drug-likeness (QED) is 0.104. The lowest BCUT2D eigenvalue weighted by molar-refractivity contribution is -0.130. The Kier molecular flexibility index (Phi) is 12.2. The van der Waals surface area contributed by atoms with Crippen molar-refractivity contribution in [3.8, 4) is 16.2 Å². The minimum absolute atomic E-state index is 0.0301. The summed E-state index contributed by atoms with van der Waals surface area (Å²) < 4.78 is 25.8. The fraction of sp³-hybridized carbons (Fsp3) is 0.442. The molecule has 3 amide bonds. The first-order chi connectivity index (χ1) is 26.6. The summed E-state index contributed by atoms with van der Waals surface area (Å²) in [5.41, 5.74) is 0.715. The standard InChI is InChI=1S/C43H51FN4O7S/c1-24(2)39-45-22-35(56-39)26-17-15-25(16-18-26)19-31(46-38(51)37(42(3,4)5)48-41(53)54-6)32(49)21-43(20-29(43)27-11-7-9-13-30(27)44)40(52)47-36-28-12-8-10-14-34(28)55-23-33(36)50/h7-18,22,24,29,31-33,36-37,49-50H,19-21,23H2,1-6H3,(H,46,51)(H,47,52)(H,48,53)/t29-,31-,32-,33+,36-,37+,43?/m0/s1. The van der Waals surface area contributed by atoms with Crippen LogP contribution < -0.4 is 20.7 Å². The molecule has 0 spiro atoms. The number of halogens is 1. The maximum atomic E-state index is 15.3. The predicted octanol–water partition coefficient (Wildman–Crippen LogP) is 6.41. The third kappa shape index (κ3) is 8.90. The van der Waals surface area contributed by atoms with Crippen molar-refractivity contribution in [2.45, 2.75) is 96.1 Å². The van der Waals surface area contributed by atoms with Gasteiger partial charge in [0.1, 0.15) is 30.3 Å². The zero-order chi connectivity index (χ0) is 40.4. The number of benzene rings is 3. The summed E-state index contributed by atoms with van der Waals surface area (Å²) in [6.07, 6.45) is -1.00.